The van der Waals surface area contributed by atoms with Crippen molar-refractivity contribution in [1.82, 2.24) is 24.9 Å². The molecule has 176 valence electrons. The van der Waals surface area contributed by atoms with Gasteiger partial charge in [-0.1, -0.05) is 12.1 Å². The van der Waals surface area contributed by atoms with Gasteiger partial charge in [0.1, 0.15) is 5.65 Å². The van der Waals surface area contributed by atoms with Crippen LogP contribution in [0.1, 0.15) is 24.1 Å². The van der Waals surface area contributed by atoms with E-state index >= 15 is 0 Å². The molecule has 0 fully saturated rings. The lowest BCUT2D eigenvalue weighted by molar-refractivity contribution is -0.117. The van der Waals surface area contributed by atoms with Crippen molar-refractivity contribution in [1.29, 1.82) is 0 Å². The SMILES string of the molecule is COc1ccc([C@@H](C)NC(=O)/C=C/c2c[nH]c3nccc(-c4cnn5ccccc45)c23)cc1OC. The maximum atomic E-state index is 12.7. The van der Waals surface area contributed by atoms with Crippen molar-refractivity contribution in [2.24, 2.45) is 0 Å². The summed E-state index contributed by atoms with van der Waals surface area (Å²) in [7, 11) is 3.18. The molecule has 0 bridgehead atoms. The summed E-state index contributed by atoms with van der Waals surface area (Å²) in [5, 5.41) is 8.40. The Morgan fingerprint density at radius 2 is 1.97 bits per heavy atom. The molecule has 1 aromatic carbocycles. The first-order valence-corrected chi connectivity index (χ1v) is 11.2. The van der Waals surface area contributed by atoms with Gasteiger partial charge in [0, 0.05) is 41.2 Å². The molecule has 4 heterocycles. The Balaban J connectivity index is 1.40. The molecule has 0 saturated carbocycles. The standard InChI is InChI=1S/C27H25N5O3/c1-17(18-7-9-23(34-2)24(14-18)35-3)31-25(33)10-8-19-15-29-27-26(19)20(11-12-28-27)21-16-30-32-13-5-4-6-22(21)32/h4-17H,1-3H3,(H,28,29)(H,31,33)/b10-8+/t17-/m1/s1. The van der Waals surface area contributed by atoms with E-state index in [2.05, 4.69) is 20.4 Å². The lowest BCUT2D eigenvalue weighted by Crippen LogP contribution is -2.24. The number of ether oxygens (including phenoxy) is 2. The largest absolute Gasteiger partial charge is 0.493 e. The number of carbonyl (C=O) groups is 1. The van der Waals surface area contributed by atoms with Crippen molar-refractivity contribution in [3.8, 4) is 22.6 Å². The van der Waals surface area contributed by atoms with E-state index in [4.69, 9.17) is 9.47 Å². The number of carbonyl (C=O) groups excluding carboxylic acids is 1. The smallest absolute Gasteiger partial charge is 0.244 e. The van der Waals surface area contributed by atoms with Crippen LogP contribution in [0.2, 0.25) is 0 Å². The van der Waals surface area contributed by atoms with E-state index in [9.17, 15) is 4.79 Å². The molecular weight excluding hydrogens is 442 g/mol. The highest BCUT2D eigenvalue weighted by atomic mass is 16.5. The van der Waals surface area contributed by atoms with Crippen molar-refractivity contribution in [3.63, 3.8) is 0 Å². The molecule has 2 N–H and O–H groups in total. The van der Waals surface area contributed by atoms with E-state index in [0.29, 0.717) is 11.5 Å². The van der Waals surface area contributed by atoms with Crippen molar-refractivity contribution < 1.29 is 14.3 Å². The number of aromatic nitrogens is 4. The summed E-state index contributed by atoms with van der Waals surface area (Å²) in [5.74, 6) is 1.06. The summed E-state index contributed by atoms with van der Waals surface area (Å²) in [5.41, 5.74) is 5.52. The van der Waals surface area contributed by atoms with Crippen LogP contribution in [0.3, 0.4) is 0 Å². The van der Waals surface area contributed by atoms with E-state index in [1.54, 1.807) is 26.5 Å². The van der Waals surface area contributed by atoms with Crippen LogP contribution in [-0.2, 0) is 4.79 Å². The van der Waals surface area contributed by atoms with Gasteiger partial charge in [-0.3, -0.25) is 4.79 Å². The third-order valence-corrected chi connectivity index (χ3v) is 6.00. The van der Waals surface area contributed by atoms with Gasteiger partial charge in [0.25, 0.3) is 0 Å². The minimum Gasteiger partial charge on any atom is -0.493 e. The van der Waals surface area contributed by atoms with Crippen LogP contribution in [0.25, 0.3) is 33.8 Å². The molecule has 0 aliphatic carbocycles. The summed E-state index contributed by atoms with van der Waals surface area (Å²) in [6, 6.07) is 13.3. The fourth-order valence-corrected chi connectivity index (χ4v) is 4.21. The molecule has 0 aliphatic heterocycles. The van der Waals surface area contributed by atoms with E-state index in [1.807, 2.05) is 72.5 Å². The first-order valence-electron chi connectivity index (χ1n) is 11.2. The summed E-state index contributed by atoms with van der Waals surface area (Å²) < 4.78 is 12.5. The fraction of sp³-hybridized carbons (Fsp3) is 0.148. The Labute approximate surface area is 202 Å². The van der Waals surface area contributed by atoms with Gasteiger partial charge in [0.05, 0.1) is 32.0 Å². The van der Waals surface area contributed by atoms with Gasteiger partial charge in [-0.15, -0.1) is 0 Å². The van der Waals surface area contributed by atoms with Gasteiger partial charge < -0.3 is 19.8 Å². The van der Waals surface area contributed by atoms with Gasteiger partial charge in [0.15, 0.2) is 11.5 Å². The Morgan fingerprint density at radius 3 is 2.80 bits per heavy atom. The number of benzene rings is 1. The number of pyridine rings is 2. The fourth-order valence-electron chi connectivity index (χ4n) is 4.21. The molecule has 8 nitrogen and oxygen atoms in total. The molecule has 1 atom stereocenters. The summed E-state index contributed by atoms with van der Waals surface area (Å²) >= 11 is 0. The molecule has 1 amide bonds. The maximum Gasteiger partial charge on any atom is 0.244 e. The number of fused-ring (bicyclic) bond motifs is 2. The highest BCUT2D eigenvalue weighted by Crippen LogP contribution is 2.33. The Hall–Kier alpha value is -4.59. The van der Waals surface area contributed by atoms with Gasteiger partial charge in [-0.25, -0.2) is 9.50 Å². The molecule has 5 rings (SSSR count). The third-order valence-electron chi connectivity index (χ3n) is 6.00. The number of methoxy groups -OCH3 is 2. The maximum absolute atomic E-state index is 12.7. The van der Waals surface area contributed by atoms with Crippen LogP contribution < -0.4 is 14.8 Å². The molecule has 4 aromatic heterocycles. The van der Waals surface area contributed by atoms with E-state index in [0.717, 1.165) is 38.8 Å². The second-order valence-electron chi connectivity index (χ2n) is 8.09. The zero-order valence-electron chi connectivity index (χ0n) is 19.6. The number of amides is 1. The zero-order chi connectivity index (χ0) is 24.4. The van der Waals surface area contributed by atoms with Gasteiger partial charge in [0.2, 0.25) is 5.91 Å². The number of nitrogens with one attached hydrogen (secondary N) is 2. The molecule has 0 spiro atoms. The van der Waals surface area contributed by atoms with Gasteiger partial charge in [-0.2, -0.15) is 5.10 Å². The summed E-state index contributed by atoms with van der Waals surface area (Å²) in [6.07, 6.45) is 10.7. The number of hydrogen-bond acceptors (Lipinski definition) is 5. The van der Waals surface area contributed by atoms with E-state index in [1.165, 1.54) is 6.08 Å². The minimum atomic E-state index is -0.217. The average Bonchev–Trinajstić information content (AvgIpc) is 3.51. The van der Waals surface area contributed by atoms with E-state index < -0.39 is 0 Å². The normalized spacial score (nSPS) is 12.3. The minimum absolute atomic E-state index is 0.206. The Morgan fingerprint density at radius 1 is 1.11 bits per heavy atom. The lowest BCUT2D eigenvalue weighted by atomic mass is 10.0. The van der Waals surface area contributed by atoms with Crippen LogP contribution in [-0.4, -0.2) is 39.7 Å². The first-order chi connectivity index (χ1) is 17.1. The van der Waals surface area contributed by atoms with Crippen molar-refractivity contribution in [2.75, 3.05) is 14.2 Å². The quantitative estimate of drug-likeness (QED) is 0.336. The topological polar surface area (TPSA) is 93.5 Å². The number of rotatable bonds is 7. The molecule has 0 saturated heterocycles. The number of nitrogens with zero attached hydrogens (tertiary/aromatic N) is 3. The molecule has 5 aromatic rings. The lowest BCUT2D eigenvalue weighted by Gasteiger charge is -2.15. The zero-order valence-corrected chi connectivity index (χ0v) is 19.6. The number of H-pyrrole nitrogens is 1. The third kappa shape index (κ3) is 4.21. The molecule has 0 unspecified atom stereocenters. The van der Waals surface area contributed by atoms with Crippen molar-refractivity contribution in [2.45, 2.75) is 13.0 Å². The molecule has 35 heavy (non-hydrogen) atoms. The van der Waals surface area contributed by atoms with Crippen LogP contribution >= 0.6 is 0 Å². The number of aromatic amines is 1. The van der Waals surface area contributed by atoms with E-state index in [-0.39, 0.29) is 11.9 Å². The Bertz CT molecular complexity index is 1550. The van der Waals surface area contributed by atoms with Crippen LogP contribution in [0.15, 0.2) is 73.3 Å². The van der Waals surface area contributed by atoms with Crippen LogP contribution in [0.5, 0.6) is 11.5 Å². The van der Waals surface area contributed by atoms with Gasteiger partial charge >= 0.3 is 0 Å². The highest BCUT2D eigenvalue weighted by Gasteiger charge is 2.15. The van der Waals surface area contributed by atoms with Gasteiger partial charge in [-0.05, 0) is 54.5 Å². The number of hydrogen-bond donors (Lipinski definition) is 2. The second kappa shape index (κ2) is 9.34. The summed E-state index contributed by atoms with van der Waals surface area (Å²) in [4.78, 5) is 20.4. The monoisotopic (exact) mass is 467 g/mol. The molecule has 0 radical (unpaired) electrons. The van der Waals surface area contributed by atoms with Crippen LogP contribution in [0.4, 0.5) is 0 Å². The predicted octanol–water partition coefficient (Wildman–Crippen LogP) is 4.79. The highest BCUT2D eigenvalue weighted by molar-refractivity contribution is 6.03. The van der Waals surface area contributed by atoms with Crippen molar-refractivity contribution in [3.05, 3.63) is 84.5 Å². The Kier molecular flexibility index (Phi) is 5.93. The average molecular weight is 468 g/mol. The molecule has 8 heteroatoms. The molecule has 0 aliphatic rings. The first kappa shape index (κ1) is 22.2. The van der Waals surface area contributed by atoms with Crippen molar-refractivity contribution >= 4 is 28.5 Å². The summed E-state index contributed by atoms with van der Waals surface area (Å²) in [6.45, 7) is 1.92. The van der Waals surface area contributed by atoms with Crippen LogP contribution in [0, 0.1) is 0 Å². The second-order valence-corrected chi connectivity index (χ2v) is 8.09. The molecular formula is C27H25N5O3. The predicted molar refractivity (Wildman–Crippen MR) is 135 cm³/mol.